The van der Waals surface area contributed by atoms with E-state index >= 15 is 0 Å². The molecular weight excluding hydrogens is 310 g/mol. The number of carbonyl (C=O) groups excluding carboxylic acids is 1. The number of halogens is 1. The first kappa shape index (κ1) is 15.8. The number of hydrogen-bond donors (Lipinski definition) is 1. The molecule has 2 aromatic rings. The number of benzene rings is 1. The molecule has 0 radical (unpaired) electrons. The largest absolute Gasteiger partial charge is 0.497 e. The Hall–Kier alpha value is -1.56. The third-order valence-corrected chi connectivity index (χ3v) is 4.32. The molecule has 1 unspecified atom stereocenters. The van der Waals surface area contributed by atoms with Crippen LogP contribution in [0.3, 0.4) is 0 Å². The van der Waals surface area contributed by atoms with Gasteiger partial charge in [0.15, 0.2) is 0 Å². The lowest BCUT2D eigenvalue weighted by molar-refractivity contribution is 0.0837. The molecule has 2 rings (SSSR count). The average molecular weight is 326 g/mol. The van der Waals surface area contributed by atoms with E-state index in [1.165, 1.54) is 11.3 Å². The fourth-order valence-electron chi connectivity index (χ4n) is 1.83. The van der Waals surface area contributed by atoms with Crippen molar-refractivity contribution in [2.75, 3.05) is 20.8 Å². The van der Waals surface area contributed by atoms with E-state index < -0.39 is 0 Å². The smallest absolute Gasteiger partial charge is 0.251 e. The van der Waals surface area contributed by atoms with Gasteiger partial charge in [-0.3, -0.25) is 4.79 Å². The molecule has 1 heterocycles. The van der Waals surface area contributed by atoms with E-state index in [9.17, 15) is 4.79 Å². The van der Waals surface area contributed by atoms with Crippen molar-refractivity contribution in [2.45, 2.75) is 6.10 Å². The summed E-state index contributed by atoms with van der Waals surface area (Å²) >= 11 is 7.36. The van der Waals surface area contributed by atoms with E-state index in [1.54, 1.807) is 38.5 Å². The van der Waals surface area contributed by atoms with E-state index in [0.29, 0.717) is 16.4 Å². The monoisotopic (exact) mass is 325 g/mol. The summed E-state index contributed by atoms with van der Waals surface area (Å²) in [5, 5.41) is 2.85. The standard InChI is InChI=1S/C15H16ClNO3S/c1-19-11-5-3-10(4-6-11)15(18)17-9-12(20-2)13-7-8-14(16)21-13/h3-8,12H,9H2,1-2H3,(H,17,18). The molecule has 1 N–H and O–H groups in total. The molecule has 1 aromatic carbocycles. The number of methoxy groups -OCH3 is 2. The summed E-state index contributed by atoms with van der Waals surface area (Å²) in [6.45, 7) is 0.387. The summed E-state index contributed by atoms with van der Waals surface area (Å²) in [7, 11) is 3.20. The zero-order valence-corrected chi connectivity index (χ0v) is 13.3. The van der Waals surface area contributed by atoms with Crippen LogP contribution in [0.15, 0.2) is 36.4 Å². The average Bonchev–Trinajstić information content (AvgIpc) is 2.94. The lowest BCUT2D eigenvalue weighted by Crippen LogP contribution is -2.28. The third-order valence-electron chi connectivity index (χ3n) is 3.00. The number of amides is 1. The van der Waals surface area contributed by atoms with E-state index in [-0.39, 0.29) is 12.0 Å². The van der Waals surface area contributed by atoms with Gasteiger partial charge in [0.05, 0.1) is 11.4 Å². The highest BCUT2D eigenvalue weighted by molar-refractivity contribution is 7.16. The topological polar surface area (TPSA) is 47.6 Å². The predicted molar refractivity (Wildman–Crippen MR) is 84.4 cm³/mol. The SMILES string of the molecule is COc1ccc(C(=O)NCC(OC)c2ccc(Cl)s2)cc1. The van der Waals surface area contributed by atoms with Crippen LogP contribution in [0.2, 0.25) is 4.34 Å². The van der Waals surface area contributed by atoms with Crippen LogP contribution >= 0.6 is 22.9 Å². The van der Waals surface area contributed by atoms with Gasteiger partial charge in [0.25, 0.3) is 5.91 Å². The molecule has 0 aliphatic heterocycles. The van der Waals surface area contributed by atoms with Gasteiger partial charge in [-0.2, -0.15) is 0 Å². The molecule has 1 atom stereocenters. The maximum absolute atomic E-state index is 12.1. The minimum atomic E-state index is -0.204. The lowest BCUT2D eigenvalue weighted by atomic mass is 10.2. The molecule has 0 saturated carbocycles. The van der Waals surface area contributed by atoms with Crippen molar-refractivity contribution >= 4 is 28.8 Å². The van der Waals surface area contributed by atoms with Gasteiger partial charge in [0, 0.05) is 24.1 Å². The second kappa shape index (κ2) is 7.45. The summed E-state index contributed by atoms with van der Waals surface area (Å²) < 4.78 is 11.2. The first-order valence-corrected chi connectivity index (χ1v) is 7.53. The molecule has 1 amide bonds. The number of rotatable bonds is 6. The minimum Gasteiger partial charge on any atom is -0.497 e. The molecule has 0 bridgehead atoms. The maximum atomic E-state index is 12.1. The van der Waals surface area contributed by atoms with Gasteiger partial charge < -0.3 is 14.8 Å². The maximum Gasteiger partial charge on any atom is 0.251 e. The van der Waals surface area contributed by atoms with Crippen molar-refractivity contribution in [3.05, 3.63) is 51.2 Å². The first-order valence-electron chi connectivity index (χ1n) is 6.34. The molecule has 1 aromatic heterocycles. The number of thiophene rings is 1. The Balaban J connectivity index is 1.95. The predicted octanol–water partition coefficient (Wildman–Crippen LogP) is 3.53. The van der Waals surface area contributed by atoms with Crippen LogP contribution < -0.4 is 10.1 Å². The van der Waals surface area contributed by atoms with Crippen molar-refractivity contribution in [1.29, 1.82) is 0 Å². The Bertz CT molecular complexity index is 597. The van der Waals surface area contributed by atoms with Crippen molar-refractivity contribution in [3.63, 3.8) is 0 Å². The third kappa shape index (κ3) is 4.20. The van der Waals surface area contributed by atoms with Crippen LogP contribution in [-0.4, -0.2) is 26.7 Å². The second-order valence-electron chi connectivity index (χ2n) is 4.30. The fourth-order valence-corrected chi connectivity index (χ4v) is 2.97. The van der Waals surface area contributed by atoms with Gasteiger partial charge in [0.1, 0.15) is 11.9 Å². The van der Waals surface area contributed by atoms with Gasteiger partial charge in [-0.15, -0.1) is 11.3 Å². The highest BCUT2D eigenvalue weighted by Gasteiger charge is 2.15. The van der Waals surface area contributed by atoms with Crippen molar-refractivity contribution in [2.24, 2.45) is 0 Å². The zero-order chi connectivity index (χ0) is 15.2. The highest BCUT2D eigenvalue weighted by Crippen LogP contribution is 2.28. The van der Waals surface area contributed by atoms with Gasteiger partial charge in [-0.1, -0.05) is 11.6 Å². The second-order valence-corrected chi connectivity index (χ2v) is 6.05. The molecule has 0 fully saturated rings. The lowest BCUT2D eigenvalue weighted by Gasteiger charge is -2.14. The highest BCUT2D eigenvalue weighted by atomic mass is 35.5. The Kier molecular flexibility index (Phi) is 5.61. The Morgan fingerprint density at radius 1 is 1.24 bits per heavy atom. The van der Waals surface area contributed by atoms with Crippen LogP contribution in [0, 0.1) is 0 Å². The normalized spacial score (nSPS) is 12.0. The van der Waals surface area contributed by atoms with E-state index in [4.69, 9.17) is 21.1 Å². The quantitative estimate of drug-likeness (QED) is 0.884. The van der Waals surface area contributed by atoms with Crippen LogP contribution in [0.5, 0.6) is 5.75 Å². The molecule has 0 spiro atoms. The van der Waals surface area contributed by atoms with E-state index in [2.05, 4.69) is 5.32 Å². The van der Waals surface area contributed by atoms with Gasteiger partial charge in [-0.05, 0) is 36.4 Å². The van der Waals surface area contributed by atoms with Crippen molar-refractivity contribution in [3.8, 4) is 5.75 Å². The molecule has 6 heteroatoms. The summed E-state index contributed by atoms with van der Waals surface area (Å²) in [5.41, 5.74) is 0.579. The van der Waals surface area contributed by atoms with Crippen LogP contribution in [0.25, 0.3) is 0 Å². The summed E-state index contributed by atoms with van der Waals surface area (Å²) in [4.78, 5) is 13.1. The zero-order valence-electron chi connectivity index (χ0n) is 11.8. The fraction of sp³-hybridized carbons (Fsp3) is 0.267. The Morgan fingerprint density at radius 2 is 1.95 bits per heavy atom. The first-order chi connectivity index (χ1) is 10.1. The van der Waals surface area contributed by atoms with Crippen LogP contribution in [0.4, 0.5) is 0 Å². The van der Waals surface area contributed by atoms with E-state index in [1.807, 2.05) is 12.1 Å². The summed E-state index contributed by atoms with van der Waals surface area (Å²) in [5.74, 6) is 0.567. The molecule has 112 valence electrons. The van der Waals surface area contributed by atoms with Gasteiger partial charge in [-0.25, -0.2) is 0 Å². The number of carbonyl (C=O) groups is 1. The molecular formula is C15H16ClNO3S. The molecule has 4 nitrogen and oxygen atoms in total. The van der Waals surface area contributed by atoms with Crippen LogP contribution in [-0.2, 0) is 4.74 Å². The summed E-state index contributed by atoms with van der Waals surface area (Å²) in [6, 6.07) is 10.7. The number of ether oxygens (including phenoxy) is 2. The van der Waals surface area contributed by atoms with Gasteiger partial charge >= 0.3 is 0 Å². The molecule has 21 heavy (non-hydrogen) atoms. The summed E-state index contributed by atoms with van der Waals surface area (Å²) in [6.07, 6.45) is -0.204. The Labute approximate surface area is 132 Å². The van der Waals surface area contributed by atoms with E-state index in [0.717, 1.165) is 10.6 Å². The minimum absolute atomic E-state index is 0.151. The molecule has 0 aliphatic carbocycles. The van der Waals surface area contributed by atoms with Crippen molar-refractivity contribution < 1.29 is 14.3 Å². The Morgan fingerprint density at radius 3 is 2.48 bits per heavy atom. The van der Waals surface area contributed by atoms with Crippen molar-refractivity contribution in [1.82, 2.24) is 5.32 Å². The molecule has 0 saturated heterocycles. The van der Waals surface area contributed by atoms with Gasteiger partial charge in [0.2, 0.25) is 0 Å². The number of hydrogen-bond acceptors (Lipinski definition) is 4. The molecule has 0 aliphatic rings. The number of nitrogens with one attached hydrogen (secondary N) is 1. The van der Waals surface area contributed by atoms with Crippen LogP contribution in [0.1, 0.15) is 21.3 Å².